The number of carbonyl (C=O) groups is 1. The zero-order chi connectivity index (χ0) is 23.8. The molecule has 33 heavy (non-hydrogen) atoms. The van der Waals surface area contributed by atoms with Gasteiger partial charge < -0.3 is 4.90 Å². The maximum absolute atomic E-state index is 13.1. The minimum absolute atomic E-state index is 0.0991. The molecule has 0 spiro atoms. The number of nitrogens with zero attached hydrogens (tertiary/aromatic N) is 5. The molecule has 1 aliphatic heterocycles. The number of aryl methyl sites for hydroxylation is 1. The number of hydrogen-bond donors (Lipinski definition) is 0. The average Bonchev–Trinajstić information content (AvgIpc) is 3.20. The van der Waals surface area contributed by atoms with Crippen LogP contribution < -0.4 is 0 Å². The molecule has 0 bridgehead atoms. The minimum atomic E-state index is -3.90. The molecule has 1 aromatic heterocycles. The van der Waals surface area contributed by atoms with E-state index in [0.29, 0.717) is 11.3 Å². The Bertz CT molecular complexity index is 1310. The number of carbonyl (C=O) groups excluding carboxylic acids is 1. The molecule has 1 aliphatic rings. The van der Waals surface area contributed by atoms with Crippen LogP contribution in [0.3, 0.4) is 0 Å². The lowest BCUT2D eigenvalue weighted by atomic mass is 10.2. The first-order valence-electron chi connectivity index (χ1n) is 10.3. The molecular weight excluding hydrogens is 446 g/mol. The summed E-state index contributed by atoms with van der Waals surface area (Å²) in [7, 11) is -3.90. The van der Waals surface area contributed by atoms with Crippen LogP contribution in [0.1, 0.15) is 21.6 Å². The fraction of sp³-hybridized carbons (Fsp3) is 0.273. The monoisotopic (exact) mass is 469 g/mol. The Kier molecular flexibility index (Phi) is 6.00. The van der Waals surface area contributed by atoms with Crippen LogP contribution in [0.4, 0.5) is 5.69 Å². The fourth-order valence-corrected chi connectivity index (χ4v) is 5.24. The predicted molar refractivity (Wildman–Crippen MR) is 121 cm³/mol. The molecule has 0 atom stereocenters. The van der Waals surface area contributed by atoms with Gasteiger partial charge in [0.05, 0.1) is 33.0 Å². The van der Waals surface area contributed by atoms with Crippen molar-refractivity contribution in [3.05, 3.63) is 81.7 Å². The molecule has 2 heterocycles. The molecule has 3 aromatic rings. The van der Waals surface area contributed by atoms with Gasteiger partial charge in [0, 0.05) is 38.3 Å². The first-order chi connectivity index (χ1) is 15.7. The number of hydrogen-bond acceptors (Lipinski definition) is 6. The predicted octanol–water partition coefficient (Wildman–Crippen LogP) is 2.54. The van der Waals surface area contributed by atoms with E-state index in [2.05, 4.69) is 5.10 Å². The van der Waals surface area contributed by atoms with Gasteiger partial charge in [-0.3, -0.25) is 14.9 Å². The summed E-state index contributed by atoms with van der Waals surface area (Å²) >= 11 is 0. The van der Waals surface area contributed by atoms with Crippen molar-refractivity contribution in [2.75, 3.05) is 26.2 Å². The number of nitro groups is 1. The maximum Gasteiger partial charge on any atom is 0.270 e. The highest BCUT2D eigenvalue weighted by molar-refractivity contribution is 7.89. The van der Waals surface area contributed by atoms with Crippen LogP contribution in [-0.2, 0) is 10.0 Å². The van der Waals surface area contributed by atoms with E-state index in [1.807, 2.05) is 38.1 Å². The lowest BCUT2D eigenvalue weighted by Gasteiger charge is -2.34. The molecule has 1 saturated heterocycles. The van der Waals surface area contributed by atoms with Crippen molar-refractivity contribution in [2.24, 2.45) is 0 Å². The molecule has 2 aromatic carbocycles. The van der Waals surface area contributed by atoms with Crippen molar-refractivity contribution in [3.8, 4) is 5.69 Å². The van der Waals surface area contributed by atoms with Crippen molar-refractivity contribution < 1.29 is 18.1 Å². The summed E-state index contributed by atoms with van der Waals surface area (Å²) < 4.78 is 28.8. The molecule has 4 rings (SSSR count). The van der Waals surface area contributed by atoms with Crippen LogP contribution in [0.25, 0.3) is 5.69 Å². The number of piperazine rings is 1. The molecule has 172 valence electrons. The highest BCUT2D eigenvalue weighted by Gasteiger charge is 2.32. The van der Waals surface area contributed by atoms with E-state index in [1.165, 1.54) is 28.7 Å². The van der Waals surface area contributed by atoms with Crippen molar-refractivity contribution in [2.45, 2.75) is 18.7 Å². The third-order valence-corrected chi connectivity index (χ3v) is 7.61. The topological polar surface area (TPSA) is 119 Å². The van der Waals surface area contributed by atoms with E-state index in [9.17, 15) is 23.3 Å². The van der Waals surface area contributed by atoms with Crippen molar-refractivity contribution in [1.29, 1.82) is 0 Å². The second-order valence-electron chi connectivity index (χ2n) is 7.84. The van der Waals surface area contributed by atoms with Gasteiger partial charge in [0.15, 0.2) is 0 Å². The number of amides is 1. The van der Waals surface area contributed by atoms with Crippen LogP contribution >= 0.6 is 0 Å². The molecule has 11 heteroatoms. The third-order valence-electron chi connectivity index (χ3n) is 5.71. The summed E-state index contributed by atoms with van der Waals surface area (Å²) in [6, 6.07) is 12.8. The van der Waals surface area contributed by atoms with E-state index in [-0.39, 0.29) is 42.7 Å². The molecule has 0 aliphatic carbocycles. The standard InChI is InChI=1S/C22H23N5O5S/c1-16-6-8-18(9-7-16)26-17(2)21(15-23-26)22(28)24-10-12-25(13-11-24)33(31,32)20-5-3-4-19(14-20)27(29)30/h3-9,14-15H,10-13H2,1-2H3. The summed E-state index contributed by atoms with van der Waals surface area (Å²) in [6.07, 6.45) is 1.53. The lowest BCUT2D eigenvalue weighted by molar-refractivity contribution is -0.385. The van der Waals surface area contributed by atoms with Gasteiger partial charge in [-0.05, 0) is 32.0 Å². The summed E-state index contributed by atoms with van der Waals surface area (Å²) in [6.45, 7) is 4.44. The highest BCUT2D eigenvalue weighted by atomic mass is 32.2. The summed E-state index contributed by atoms with van der Waals surface area (Å²) in [4.78, 5) is 24.9. The van der Waals surface area contributed by atoms with Crippen LogP contribution in [0, 0.1) is 24.0 Å². The Balaban J connectivity index is 1.47. The summed E-state index contributed by atoms with van der Waals surface area (Å²) in [5.41, 5.74) is 2.86. The Morgan fingerprint density at radius 2 is 1.70 bits per heavy atom. The Morgan fingerprint density at radius 1 is 1.03 bits per heavy atom. The van der Waals surface area contributed by atoms with E-state index in [1.54, 1.807) is 9.58 Å². The fourth-order valence-electron chi connectivity index (χ4n) is 3.77. The number of sulfonamides is 1. The molecule has 0 unspecified atom stereocenters. The van der Waals surface area contributed by atoms with Gasteiger partial charge >= 0.3 is 0 Å². The highest BCUT2D eigenvalue weighted by Crippen LogP contribution is 2.23. The van der Waals surface area contributed by atoms with E-state index in [4.69, 9.17) is 0 Å². The smallest absolute Gasteiger partial charge is 0.270 e. The minimum Gasteiger partial charge on any atom is -0.336 e. The first kappa shape index (κ1) is 22.6. The van der Waals surface area contributed by atoms with Crippen molar-refractivity contribution >= 4 is 21.6 Å². The Hall–Kier alpha value is -3.57. The zero-order valence-corrected chi connectivity index (χ0v) is 19.0. The van der Waals surface area contributed by atoms with Crippen LogP contribution in [-0.4, -0.2) is 64.4 Å². The largest absolute Gasteiger partial charge is 0.336 e. The van der Waals surface area contributed by atoms with Crippen LogP contribution in [0.2, 0.25) is 0 Å². The Morgan fingerprint density at radius 3 is 2.33 bits per heavy atom. The Labute approximate surface area is 191 Å². The second-order valence-corrected chi connectivity index (χ2v) is 9.78. The number of rotatable bonds is 5. The molecule has 1 fully saturated rings. The molecule has 0 saturated carbocycles. The number of aromatic nitrogens is 2. The molecule has 0 radical (unpaired) electrons. The molecular formula is C22H23N5O5S. The van der Waals surface area contributed by atoms with E-state index in [0.717, 1.165) is 17.3 Å². The third kappa shape index (κ3) is 4.37. The SMILES string of the molecule is Cc1ccc(-n2ncc(C(=O)N3CCN(S(=O)(=O)c4cccc([N+](=O)[O-])c4)CC3)c2C)cc1. The van der Waals surface area contributed by atoms with Gasteiger partial charge in [0.1, 0.15) is 0 Å². The average molecular weight is 470 g/mol. The second kappa shape index (κ2) is 8.75. The van der Waals surface area contributed by atoms with Crippen molar-refractivity contribution in [1.82, 2.24) is 19.0 Å². The van der Waals surface area contributed by atoms with Crippen LogP contribution in [0.5, 0.6) is 0 Å². The van der Waals surface area contributed by atoms with Gasteiger partial charge in [0.2, 0.25) is 10.0 Å². The lowest BCUT2D eigenvalue weighted by Crippen LogP contribution is -2.50. The van der Waals surface area contributed by atoms with Gasteiger partial charge in [0.25, 0.3) is 11.6 Å². The van der Waals surface area contributed by atoms with Crippen LogP contribution in [0.15, 0.2) is 59.6 Å². The maximum atomic E-state index is 13.1. The van der Waals surface area contributed by atoms with Gasteiger partial charge in [-0.25, -0.2) is 13.1 Å². The quantitative estimate of drug-likeness (QED) is 0.419. The summed E-state index contributed by atoms with van der Waals surface area (Å²) in [5, 5.41) is 15.3. The first-order valence-corrected chi connectivity index (χ1v) is 11.8. The number of non-ortho nitro benzene ring substituents is 1. The van der Waals surface area contributed by atoms with Gasteiger partial charge in [-0.15, -0.1) is 0 Å². The molecule has 0 N–H and O–H groups in total. The van der Waals surface area contributed by atoms with Crippen molar-refractivity contribution in [3.63, 3.8) is 0 Å². The zero-order valence-electron chi connectivity index (χ0n) is 18.2. The van der Waals surface area contributed by atoms with E-state index < -0.39 is 14.9 Å². The number of benzene rings is 2. The molecule has 10 nitrogen and oxygen atoms in total. The van der Waals surface area contributed by atoms with Gasteiger partial charge in [-0.1, -0.05) is 23.8 Å². The van der Waals surface area contributed by atoms with Gasteiger partial charge in [-0.2, -0.15) is 9.40 Å². The summed E-state index contributed by atoms with van der Waals surface area (Å²) in [5.74, 6) is -0.210. The number of nitro benzene ring substituents is 1. The molecule has 1 amide bonds. The van der Waals surface area contributed by atoms with E-state index >= 15 is 0 Å². The normalized spacial score (nSPS) is 14.9.